The van der Waals surface area contributed by atoms with E-state index in [4.69, 9.17) is 0 Å². The van der Waals surface area contributed by atoms with Crippen LogP contribution in [0.1, 0.15) is 51.4 Å². The standard InChI is InChI=1S/C20H26/c1-3-13-9-17(15-7-5-11(1)19(13)15)18-10-14-4-2-12-6-8-16(18)20(12)14/h9-16,19-20H,1-8H2/t11-,12-,13-,14+,15+,16+,19-,20-/m1/s1. The fourth-order valence-electron chi connectivity index (χ4n) is 7.83. The van der Waals surface area contributed by atoms with E-state index >= 15 is 0 Å². The Balaban J connectivity index is 1.41. The lowest BCUT2D eigenvalue weighted by Gasteiger charge is -2.22. The van der Waals surface area contributed by atoms with Gasteiger partial charge in [0.1, 0.15) is 0 Å². The molecule has 0 unspecified atom stereocenters. The fourth-order valence-corrected chi connectivity index (χ4v) is 7.83. The van der Waals surface area contributed by atoms with E-state index in [-0.39, 0.29) is 0 Å². The summed E-state index contributed by atoms with van der Waals surface area (Å²) in [6.45, 7) is 0. The summed E-state index contributed by atoms with van der Waals surface area (Å²) >= 11 is 0. The van der Waals surface area contributed by atoms with E-state index in [1.807, 2.05) is 11.1 Å². The van der Waals surface area contributed by atoms with Gasteiger partial charge in [-0.2, -0.15) is 0 Å². The van der Waals surface area contributed by atoms with Crippen LogP contribution in [-0.4, -0.2) is 0 Å². The van der Waals surface area contributed by atoms with Crippen molar-refractivity contribution in [2.75, 3.05) is 0 Å². The molecule has 0 saturated heterocycles. The molecule has 0 aliphatic heterocycles. The Bertz CT molecular complexity index is 476. The van der Waals surface area contributed by atoms with Crippen LogP contribution in [0.5, 0.6) is 0 Å². The maximum Gasteiger partial charge on any atom is -0.0126 e. The molecule has 6 aliphatic rings. The summed E-state index contributed by atoms with van der Waals surface area (Å²) in [7, 11) is 0. The Morgan fingerprint density at radius 1 is 0.550 bits per heavy atom. The summed E-state index contributed by atoms with van der Waals surface area (Å²) in [5, 5.41) is 0. The maximum atomic E-state index is 2.79. The normalized spacial score (nSPS) is 58.0. The highest BCUT2D eigenvalue weighted by atomic mass is 14.6. The van der Waals surface area contributed by atoms with E-state index in [1.165, 1.54) is 25.7 Å². The zero-order valence-corrected chi connectivity index (χ0v) is 12.4. The largest absolute Gasteiger partial charge is 0.0773 e. The first-order chi connectivity index (χ1) is 9.90. The van der Waals surface area contributed by atoms with Gasteiger partial charge in [-0.1, -0.05) is 12.2 Å². The third-order valence-corrected chi connectivity index (χ3v) is 8.36. The topological polar surface area (TPSA) is 0 Å². The summed E-state index contributed by atoms with van der Waals surface area (Å²) in [4.78, 5) is 0. The van der Waals surface area contributed by atoms with Crippen molar-refractivity contribution < 1.29 is 0 Å². The minimum absolute atomic E-state index is 0.987. The van der Waals surface area contributed by atoms with Crippen molar-refractivity contribution in [3.8, 4) is 0 Å². The van der Waals surface area contributed by atoms with Crippen molar-refractivity contribution in [1.82, 2.24) is 0 Å². The number of hydrogen-bond donors (Lipinski definition) is 0. The molecular weight excluding hydrogens is 240 g/mol. The molecule has 0 radical (unpaired) electrons. The van der Waals surface area contributed by atoms with Crippen molar-refractivity contribution in [3.63, 3.8) is 0 Å². The molecule has 0 heteroatoms. The monoisotopic (exact) mass is 266 g/mol. The van der Waals surface area contributed by atoms with Crippen molar-refractivity contribution in [3.05, 3.63) is 23.3 Å². The lowest BCUT2D eigenvalue weighted by molar-refractivity contribution is 0.356. The average Bonchev–Trinajstić information content (AvgIpc) is 3.18. The molecule has 106 valence electrons. The van der Waals surface area contributed by atoms with Crippen molar-refractivity contribution in [1.29, 1.82) is 0 Å². The van der Waals surface area contributed by atoms with E-state index in [1.54, 1.807) is 25.7 Å². The molecule has 20 heavy (non-hydrogen) atoms. The molecule has 0 heterocycles. The zero-order valence-electron chi connectivity index (χ0n) is 12.4. The number of rotatable bonds is 1. The Kier molecular flexibility index (Phi) is 2.01. The third kappa shape index (κ3) is 1.18. The molecule has 4 fully saturated rings. The van der Waals surface area contributed by atoms with E-state index in [2.05, 4.69) is 12.2 Å². The number of hydrogen-bond acceptors (Lipinski definition) is 0. The second-order valence-corrected chi connectivity index (χ2v) is 8.77. The fraction of sp³-hybridized carbons (Fsp3) is 0.800. The first kappa shape index (κ1) is 11.1. The molecule has 6 rings (SSSR count). The van der Waals surface area contributed by atoms with Gasteiger partial charge < -0.3 is 0 Å². The van der Waals surface area contributed by atoms with Crippen molar-refractivity contribution >= 4 is 0 Å². The molecule has 0 amide bonds. The predicted octanol–water partition coefficient (Wildman–Crippen LogP) is 4.97. The van der Waals surface area contributed by atoms with Gasteiger partial charge in [0.25, 0.3) is 0 Å². The highest BCUT2D eigenvalue weighted by Crippen LogP contribution is 2.64. The zero-order chi connectivity index (χ0) is 12.8. The van der Waals surface area contributed by atoms with Crippen LogP contribution in [0.2, 0.25) is 0 Å². The molecule has 0 N–H and O–H groups in total. The second-order valence-electron chi connectivity index (χ2n) is 8.77. The molecule has 0 aromatic rings. The van der Waals surface area contributed by atoms with Crippen LogP contribution >= 0.6 is 0 Å². The summed E-state index contributed by atoms with van der Waals surface area (Å²) in [6, 6.07) is 0. The van der Waals surface area contributed by atoms with Gasteiger partial charge >= 0.3 is 0 Å². The van der Waals surface area contributed by atoms with Crippen LogP contribution in [0.15, 0.2) is 23.3 Å². The molecule has 0 aromatic carbocycles. The lowest BCUT2D eigenvalue weighted by Crippen LogP contribution is -2.15. The summed E-state index contributed by atoms with van der Waals surface area (Å²) in [6.07, 6.45) is 17.9. The minimum atomic E-state index is 0.987. The van der Waals surface area contributed by atoms with Crippen LogP contribution in [0.3, 0.4) is 0 Å². The predicted molar refractivity (Wildman–Crippen MR) is 81.0 cm³/mol. The van der Waals surface area contributed by atoms with Crippen LogP contribution < -0.4 is 0 Å². The third-order valence-electron chi connectivity index (χ3n) is 8.36. The van der Waals surface area contributed by atoms with Crippen molar-refractivity contribution in [2.45, 2.75) is 51.4 Å². The Labute approximate surface area is 122 Å². The first-order valence-corrected chi connectivity index (χ1v) is 9.34. The van der Waals surface area contributed by atoms with Gasteiger partial charge in [0.2, 0.25) is 0 Å². The molecule has 0 aromatic heterocycles. The molecule has 8 atom stereocenters. The Hall–Kier alpha value is -0.520. The number of allylic oxidation sites excluding steroid dienone is 4. The summed E-state index contributed by atoms with van der Waals surface area (Å²) < 4.78 is 0. The van der Waals surface area contributed by atoms with E-state index in [0.717, 1.165) is 47.3 Å². The highest BCUT2D eigenvalue weighted by Gasteiger charge is 2.54. The Morgan fingerprint density at radius 3 is 1.50 bits per heavy atom. The molecule has 0 spiro atoms. The summed E-state index contributed by atoms with van der Waals surface area (Å²) in [5.41, 5.74) is 3.78. The van der Waals surface area contributed by atoms with Gasteiger partial charge in [-0.05, 0) is 110 Å². The quantitative estimate of drug-likeness (QED) is 0.628. The van der Waals surface area contributed by atoms with Gasteiger partial charge in [-0.3, -0.25) is 0 Å². The first-order valence-electron chi connectivity index (χ1n) is 9.34. The SMILES string of the molecule is C1=C(C2=C[C@H]3CC[C@@H]4CC[C@@H]2[C@H]43)[C@@H]2CC[C@H]3CC[C@@H]1[C@@H]32. The van der Waals surface area contributed by atoms with Gasteiger partial charge in [0.15, 0.2) is 0 Å². The van der Waals surface area contributed by atoms with E-state index in [0.29, 0.717) is 0 Å². The molecule has 0 bridgehead atoms. The van der Waals surface area contributed by atoms with Gasteiger partial charge in [0, 0.05) is 0 Å². The smallest absolute Gasteiger partial charge is 0.0126 e. The van der Waals surface area contributed by atoms with Gasteiger partial charge in [0.05, 0.1) is 0 Å². The Morgan fingerprint density at radius 2 is 1.00 bits per heavy atom. The molecule has 4 saturated carbocycles. The lowest BCUT2D eigenvalue weighted by atomic mass is 9.82. The van der Waals surface area contributed by atoms with Crippen LogP contribution in [0.25, 0.3) is 0 Å². The maximum absolute atomic E-state index is 2.79. The van der Waals surface area contributed by atoms with Crippen LogP contribution in [-0.2, 0) is 0 Å². The van der Waals surface area contributed by atoms with Crippen LogP contribution in [0.4, 0.5) is 0 Å². The van der Waals surface area contributed by atoms with E-state index < -0.39 is 0 Å². The highest BCUT2D eigenvalue weighted by molar-refractivity contribution is 5.45. The van der Waals surface area contributed by atoms with Gasteiger partial charge in [-0.15, -0.1) is 0 Å². The van der Waals surface area contributed by atoms with Gasteiger partial charge in [-0.25, -0.2) is 0 Å². The minimum Gasteiger partial charge on any atom is -0.0773 e. The van der Waals surface area contributed by atoms with Crippen LogP contribution in [0, 0.1) is 47.3 Å². The van der Waals surface area contributed by atoms with E-state index in [9.17, 15) is 0 Å². The summed E-state index contributed by atoms with van der Waals surface area (Å²) in [5.74, 6) is 8.36. The molecule has 0 nitrogen and oxygen atoms in total. The molecular formula is C20H26. The second kappa shape index (κ2) is 3.62. The van der Waals surface area contributed by atoms with Crippen molar-refractivity contribution in [2.24, 2.45) is 47.3 Å². The average molecular weight is 266 g/mol. The molecule has 6 aliphatic carbocycles.